The van der Waals surface area contributed by atoms with Gasteiger partial charge in [0.1, 0.15) is 0 Å². The molecule has 0 atom stereocenters. The molecule has 0 aliphatic carbocycles. The molecule has 0 saturated heterocycles. The molecule has 0 radical (unpaired) electrons. The molecule has 0 amide bonds. The van der Waals surface area contributed by atoms with Crippen molar-refractivity contribution in [2.24, 2.45) is 0 Å². The molecule has 0 bridgehead atoms. The normalized spacial score (nSPS) is 8.64. The van der Waals surface area contributed by atoms with Crippen LogP contribution in [0.4, 0.5) is 0 Å². The average molecular weight is 201 g/mol. The molecule has 11 heavy (non-hydrogen) atoms. The standard InChI is InChI=1S/C9H8Se.Li/c1-8-2-4-9(5-3-8)6-7-10;/h2-5,10H,1H3;/q;+1/p-1. The van der Waals surface area contributed by atoms with Crippen LogP contribution in [0.3, 0.4) is 0 Å². The van der Waals surface area contributed by atoms with E-state index in [0.29, 0.717) is 12.8 Å². The van der Waals surface area contributed by atoms with Crippen LogP contribution >= 0.6 is 0 Å². The zero-order valence-electron chi connectivity index (χ0n) is 6.72. The van der Waals surface area contributed by atoms with E-state index in [4.69, 9.17) is 0 Å². The second kappa shape index (κ2) is 4.71. The second-order valence-corrected chi connectivity index (χ2v) is 3.58. The third kappa shape index (κ3) is 3.20. The van der Waals surface area contributed by atoms with E-state index in [1.807, 2.05) is 0 Å². The van der Waals surface area contributed by atoms with Crippen LogP contribution in [0.2, 0.25) is 0 Å². The number of hydrogen-bond donors (Lipinski definition) is 0. The summed E-state index contributed by atoms with van der Waals surface area (Å²) in [6.45, 7) is 2.08. The van der Waals surface area contributed by atoms with Crippen LogP contribution in [0.1, 0.15) is 11.1 Å². The van der Waals surface area contributed by atoms with Gasteiger partial charge in [-0.05, 0) is 0 Å². The monoisotopic (exact) mass is 202 g/mol. The zero-order chi connectivity index (χ0) is 8.10. The van der Waals surface area contributed by atoms with Gasteiger partial charge in [-0.1, -0.05) is 0 Å². The molecule has 0 aliphatic rings. The molecule has 0 fully saturated rings. The van der Waals surface area contributed by atoms with Gasteiger partial charge in [0.2, 0.25) is 0 Å². The van der Waals surface area contributed by atoms with Gasteiger partial charge in [0.15, 0.2) is 0 Å². The summed E-state index contributed by atoms with van der Waals surface area (Å²) in [6.07, 6.45) is 0. The van der Waals surface area contributed by atoms with Crippen molar-refractivity contribution in [1.82, 2.24) is 0 Å². The first-order valence-corrected chi connectivity index (χ1v) is 6.00. The van der Waals surface area contributed by atoms with E-state index in [1.54, 1.807) is 0 Å². The van der Waals surface area contributed by atoms with Crippen molar-refractivity contribution in [3.8, 4) is 10.7 Å². The Morgan fingerprint density at radius 2 is 1.91 bits per heavy atom. The zero-order valence-corrected chi connectivity index (χ0v) is 8.43. The number of hydrogen-bond acceptors (Lipinski definition) is 0. The van der Waals surface area contributed by atoms with Crippen molar-refractivity contribution in [3.63, 3.8) is 0 Å². The van der Waals surface area contributed by atoms with Gasteiger partial charge in [0.05, 0.1) is 0 Å². The Bertz CT molecular complexity index is 279. The summed E-state index contributed by atoms with van der Waals surface area (Å²) in [7, 11) is 0. The van der Waals surface area contributed by atoms with Crippen LogP contribution in [0, 0.1) is 17.7 Å². The van der Waals surface area contributed by atoms with Gasteiger partial charge in [-0.2, -0.15) is 0 Å². The Morgan fingerprint density at radius 1 is 1.27 bits per heavy atom. The molecule has 0 nitrogen and oxygen atoms in total. The molecule has 0 N–H and O–H groups in total. The molecule has 0 aliphatic heterocycles. The molecule has 0 saturated carbocycles. The Kier molecular flexibility index (Phi) is 3.85. The van der Waals surface area contributed by atoms with Gasteiger partial charge in [-0.15, -0.1) is 0 Å². The predicted molar refractivity (Wildman–Crippen MR) is 49.6 cm³/mol. The van der Waals surface area contributed by atoms with Crippen LogP contribution in [-0.4, -0.2) is 28.5 Å². The van der Waals surface area contributed by atoms with Crippen molar-refractivity contribution in [2.45, 2.75) is 6.92 Å². The minimum atomic E-state index is 0.463. The molecule has 2 heteroatoms. The fraction of sp³-hybridized carbons (Fsp3) is 0.111. The first-order valence-electron chi connectivity index (χ1n) is 3.43. The van der Waals surface area contributed by atoms with Crippen LogP contribution in [-0.2, 0) is 0 Å². The number of benzene rings is 1. The van der Waals surface area contributed by atoms with E-state index < -0.39 is 0 Å². The molecule has 0 spiro atoms. The van der Waals surface area contributed by atoms with Gasteiger partial charge in [0.25, 0.3) is 0 Å². The average Bonchev–Trinajstić information content (AvgIpc) is 2.04. The second-order valence-electron chi connectivity index (χ2n) is 2.30. The molecule has 0 heterocycles. The molecular formula is C9H7LiSe. The van der Waals surface area contributed by atoms with Gasteiger partial charge < -0.3 is 0 Å². The number of aryl methyl sites for hydroxylation is 1. The summed E-state index contributed by atoms with van der Waals surface area (Å²) in [5.74, 6) is 3.10. The third-order valence-corrected chi connectivity index (χ3v) is 1.99. The van der Waals surface area contributed by atoms with E-state index in [0.717, 1.165) is 5.56 Å². The van der Waals surface area contributed by atoms with Gasteiger partial charge in [0, 0.05) is 0 Å². The quantitative estimate of drug-likeness (QED) is 0.435. The van der Waals surface area contributed by atoms with Crippen molar-refractivity contribution in [3.05, 3.63) is 35.4 Å². The predicted octanol–water partition coefficient (Wildman–Crippen LogP) is 1.09. The van der Waals surface area contributed by atoms with Gasteiger partial charge in [-0.25, -0.2) is 0 Å². The summed E-state index contributed by atoms with van der Waals surface area (Å²) in [6, 6.07) is 8.31. The summed E-state index contributed by atoms with van der Waals surface area (Å²) in [5.41, 5.74) is 2.41. The van der Waals surface area contributed by atoms with E-state index in [-0.39, 0.29) is 0 Å². The molecule has 50 valence electrons. The Labute approximate surface area is 81.4 Å². The first kappa shape index (κ1) is 8.99. The van der Waals surface area contributed by atoms with Crippen molar-refractivity contribution in [2.75, 3.05) is 0 Å². The SMILES string of the molecule is [Li][Se]C#Cc1ccc(C)cc1. The Hall–Kier alpha value is -0.103. The van der Waals surface area contributed by atoms with Gasteiger partial charge >= 0.3 is 81.6 Å². The third-order valence-electron chi connectivity index (χ3n) is 1.35. The van der Waals surface area contributed by atoms with E-state index in [2.05, 4.69) is 57.7 Å². The Balaban J connectivity index is 2.82. The fourth-order valence-electron chi connectivity index (χ4n) is 0.747. The molecule has 1 rings (SSSR count). The summed E-state index contributed by atoms with van der Waals surface area (Å²) in [4.78, 5) is 3.10. The van der Waals surface area contributed by atoms with Crippen LogP contribution in [0.15, 0.2) is 24.3 Å². The van der Waals surface area contributed by atoms with Crippen molar-refractivity contribution in [1.29, 1.82) is 0 Å². The maximum atomic E-state index is 3.10. The van der Waals surface area contributed by atoms with Crippen molar-refractivity contribution >= 4 is 28.5 Å². The summed E-state index contributed by atoms with van der Waals surface area (Å²) >= 11 is 2.58. The molecule has 1 aromatic rings. The van der Waals surface area contributed by atoms with Crippen molar-refractivity contribution < 1.29 is 0 Å². The van der Waals surface area contributed by atoms with E-state index >= 15 is 0 Å². The fourth-order valence-corrected chi connectivity index (χ4v) is 1.21. The van der Waals surface area contributed by atoms with E-state index in [1.165, 1.54) is 5.56 Å². The minimum absolute atomic E-state index is 0.463. The van der Waals surface area contributed by atoms with Crippen LogP contribution in [0.5, 0.6) is 0 Å². The molecular weight excluding hydrogens is 194 g/mol. The maximum absolute atomic E-state index is 3.10. The first-order chi connectivity index (χ1) is 5.33. The number of rotatable bonds is 0. The van der Waals surface area contributed by atoms with Crippen LogP contribution in [0.25, 0.3) is 0 Å². The molecule has 0 aromatic heterocycles. The van der Waals surface area contributed by atoms with Crippen LogP contribution < -0.4 is 0 Å². The van der Waals surface area contributed by atoms with E-state index in [9.17, 15) is 0 Å². The summed E-state index contributed by atoms with van der Waals surface area (Å²) < 4.78 is 0. The van der Waals surface area contributed by atoms with Gasteiger partial charge in [-0.3, -0.25) is 0 Å². The molecule has 0 unspecified atom stereocenters. The Morgan fingerprint density at radius 3 is 2.45 bits per heavy atom. The topological polar surface area (TPSA) is 0 Å². The summed E-state index contributed by atoms with van der Waals surface area (Å²) in [5, 5.41) is 0. The molecule has 1 aromatic carbocycles.